The Morgan fingerprint density at radius 2 is 0.810 bits per heavy atom. The Morgan fingerprint density at radius 3 is 1.21 bits per heavy atom. The van der Waals surface area contributed by atoms with E-state index >= 15 is 0 Å². The predicted molar refractivity (Wildman–Crippen MR) is 452 cm³/mol. The van der Waals surface area contributed by atoms with Gasteiger partial charge in [0.25, 0.3) is 28.8 Å². The second-order valence-corrected chi connectivity index (χ2v) is 29.0. The molecule has 0 saturated carbocycles. The number of nitrogens with one attached hydrogen (secondary N) is 1. The van der Waals surface area contributed by atoms with Crippen molar-refractivity contribution in [3.05, 3.63) is 198 Å². The topological polar surface area (TPSA) is 264 Å². The number of benzene rings is 6. The first-order valence-electron chi connectivity index (χ1n) is 39.2. The minimum atomic E-state index is -0.645. The Kier molecular flexibility index (Phi) is 34.1. The molecule has 3 amide bonds. The smallest absolute Gasteiger partial charge is 1.00 e. The fraction of sp³-hybridized carbons (Fsp3) is 0.420. The van der Waals surface area contributed by atoms with Crippen molar-refractivity contribution in [2.24, 2.45) is 0 Å². The van der Waals surface area contributed by atoms with E-state index in [1.807, 2.05) is 128 Å². The van der Waals surface area contributed by atoms with Gasteiger partial charge in [-0.15, -0.1) is 0 Å². The third kappa shape index (κ3) is 23.0. The van der Waals surface area contributed by atoms with Gasteiger partial charge >= 0.3 is 47.5 Å². The van der Waals surface area contributed by atoms with Crippen LogP contribution in [0.3, 0.4) is 0 Å². The molecule has 0 unspecified atom stereocenters. The summed E-state index contributed by atoms with van der Waals surface area (Å²) in [7, 11) is 16.8. The van der Waals surface area contributed by atoms with Crippen LogP contribution in [0.1, 0.15) is 114 Å². The maximum Gasteiger partial charge on any atom is 1.00 e. The molecule has 27 nitrogen and oxygen atoms in total. The van der Waals surface area contributed by atoms with Crippen LogP contribution in [0.2, 0.25) is 0 Å². The monoisotopic (exact) mass is 1600 g/mol. The number of anilines is 3. The van der Waals surface area contributed by atoms with Gasteiger partial charge in [-0.25, -0.2) is 19.4 Å². The molecule has 0 radical (unpaired) electrons. The number of methoxy groups -OCH3 is 3. The van der Waals surface area contributed by atoms with Gasteiger partial charge in [-0.3, -0.25) is 24.0 Å². The first-order chi connectivity index (χ1) is 55.3. The van der Waals surface area contributed by atoms with Crippen molar-refractivity contribution in [2.45, 2.75) is 61.4 Å². The van der Waals surface area contributed by atoms with Crippen molar-refractivity contribution in [1.82, 2.24) is 43.9 Å². The summed E-state index contributed by atoms with van der Waals surface area (Å²) in [5.74, 6) is 0.498. The SMILES string of the molecule is CCCN(C)C.CCOC(=O)c1c(N2CCN(C(=O)c3ccc(OC)cc3)CC2)c2cc(C)ccc2[nH]c1=O.CCOC(=O)c1c(N2CCN(C(=O)c3ccc(OC)cc3)CC2)c2cc(C)ccc2n(CCN(C)C)c1=O.CCOC(=O)c1c(OCCN(C)C)nc2ccc(C)cc2c1N1CCN(C(=O)c2ccc(OC)cc2)CC1.[H-].[Na+]. The van der Waals surface area contributed by atoms with Crippen molar-refractivity contribution in [3.63, 3.8) is 0 Å². The number of piperazine rings is 3. The van der Waals surface area contributed by atoms with Crippen LogP contribution in [-0.4, -0.2) is 268 Å². The number of H-pyrrole nitrogens is 1. The van der Waals surface area contributed by atoms with E-state index in [4.69, 9.17) is 38.1 Å². The number of nitrogens with zero attached hydrogens (tertiary/aromatic N) is 11. The van der Waals surface area contributed by atoms with Gasteiger partial charge in [0.15, 0.2) is 0 Å². The van der Waals surface area contributed by atoms with Gasteiger partial charge in [-0.2, -0.15) is 0 Å². The molecule has 0 aliphatic carbocycles. The first kappa shape index (κ1) is 91.0. The van der Waals surface area contributed by atoms with Crippen molar-refractivity contribution in [3.8, 4) is 23.1 Å². The number of fused-ring (bicyclic) bond motifs is 3. The van der Waals surface area contributed by atoms with Crippen LogP contribution in [-0.2, 0) is 20.8 Å². The molecule has 116 heavy (non-hydrogen) atoms. The molecule has 0 spiro atoms. The Labute approximate surface area is 703 Å². The van der Waals surface area contributed by atoms with E-state index in [0.717, 1.165) is 49.6 Å². The summed E-state index contributed by atoms with van der Waals surface area (Å²) in [6.07, 6.45) is 1.26. The number of ether oxygens (including phenoxy) is 7. The molecule has 3 aliphatic heterocycles. The Balaban J connectivity index is 0.000000232. The zero-order valence-corrected chi connectivity index (χ0v) is 72.5. The molecule has 28 heteroatoms. The predicted octanol–water partition coefficient (Wildman–Crippen LogP) is 7.71. The number of carbonyl (C=O) groups is 6. The van der Waals surface area contributed by atoms with Crippen LogP contribution in [0, 0.1) is 20.8 Å². The number of hydrogen-bond donors (Lipinski definition) is 1. The number of amides is 3. The quantitative estimate of drug-likeness (QED) is 0.0345. The fourth-order valence-electron chi connectivity index (χ4n) is 14.0. The molecule has 3 saturated heterocycles. The maximum atomic E-state index is 13.8. The molecule has 9 aromatic rings. The van der Waals surface area contributed by atoms with Crippen molar-refractivity contribution < 1.29 is 92.9 Å². The number of esters is 3. The molecule has 3 aliphatic rings. The molecule has 12 rings (SSSR count). The van der Waals surface area contributed by atoms with E-state index in [0.29, 0.717) is 161 Å². The van der Waals surface area contributed by atoms with Crippen LogP contribution in [0.15, 0.2) is 137 Å². The summed E-state index contributed by atoms with van der Waals surface area (Å²) < 4.78 is 39.3. The molecule has 3 fully saturated rings. The van der Waals surface area contributed by atoms with E-state index in [1.54, 1.807) is 129 Å². The molecule has 6 aromatic carbocycles. The minimum Gasteiger partial charge on any atom is -1.00 e. The standard InChI is InChI=1S/2C29H36N4O5.C25H27N3O5.C5H13N.Na.H/c1-6-38-29(36)25-26(23-19-20(2)7-12-24(23)33(28(25)35)18-13-30(3)4)31-14-16-32(17-15-31)27(34)21-8-10-22(37-5)11-9-21;1-6-37-29(35)25-26(23-19-20(2)7-12-24(23)30-27(25)38-18-17-31(3)4)32-13-15-33(16-14-32)28(34)21-8-10-22(36-5)11-9-21;1-4-33-25(31)21-22(19-15-16(2)5-10-20(19)26-23(21)29)27-11-13-28(14-12-27)24(30)17-6-8-18(32-3)9-7-17;1-4-5-6(2)3;;/h2*7-12,19H,6,13-18H2,1-5H3;5-10,15H,4,11-14H2,1-3H3,(H,26,29);4-5H2,1-3H3;;/q;;;;+1;-1. The molecular formula is C88H113N12NaO15. The summed E-state index contributed by atoms with van der Waals surface area (Å²) in [5, 5.41) is 2.48. The minimum absolute atomic E-state index is 0. The summed E-state index contributed by atoms with van der Waals surface area (Å²) in [4.78, 5) is 130. The third-order valence-electron chi connectivity index (χ3n) is 19.9. The van der Waals surface area contributed by atoms with Crippen LogP contribution < -0.4 is 74.3 Å². The molecule has 1 N–H and O–H groups in total. The van der Waals surface area contributed by atoms with E-state index in [9.17, 15) is 38.4 Å². The van der Waals surface area contributed by atoms with Crippen molar-refractivity contribution in [2.75, 3.05) is 203 Å². The summed E-state index contributed by atoms with van der Waals surface area (Å²) in [6.45, 7) is 23.3. The average Bonchev–Trinajstić information content (AvgIpc) is 0.751. The van der Waals surface area contributed by atoms with E-state index < -0.39 is 23.5 Å². The van der Waals surface area contributed by atoms with Gasteiger partial charge < -0.3 is 88.2 Å². The Hall–Kier alpha value is -10.6. The number of carbonyl (C=O) groups excluding carboxylic acids is 6. The summed E-state index contributed by atoms with van der Waals surface area (Å²) in [6, 6.07) is 38.9. The fourth-order valence-corrected chi connectivity index (χ4v) is 14.0. The van der Waals surface area contributed by atoms with Gasteiger partial charge in [0.1, 0.15) is 40.5 Å². The molecule has 3 aromatic heterocycles. The summed E-state index contributed by atoms with van der Waals surface area (Å²) >= 11 is 0. The van der Waals surface area contributed by atoms with E-state index in [1.165, 1.54) is 13.0 Å². The van der Waals surface area contributed by atoms with Crippen LogP contribution in [0.5, 0.6) is 23.1 Å². The molecule has 0 bridgehead atoms. The zero-order valence-electron chi connectivity index (χ0n) is 71.5. The van der Waals surface area contributed by atoms with Crippen LogP contribution in [0.25, 0.3) is 32.7 Å². The van der Waals surface area contributed by atoms with Gasteiger partial charge in [0, 0.05) is 131 Å². The summed E-state index contributed by atoms with van der Waals surface area (Å²) in [5.41, 5.74) is 8.54. The molecular weight excluding hydrogens is 1490 g/mol. The van der Waals surface area contributed by atoms with Crippen LogP contribution in [0.4, 0.5) is 17.1 Å². The normalized spacial score (nSPS) is 13.4. The average molecular weight is 1600 g/mol. The second-order valence-electron chi connectivity index (χ2n) is 29.0. The number of rotatable bonds is 24. The molecule has 616 valence electrons. The third-order valence-corrected chi connectivity index (χ3v) is 19.9. The van der Waals surface area contributed by atoms with Gasteiger partial charge in [-0.05, 0) is 206 Å². The Morgan fingerprint density at radius 1 is 0.440 bits per heavy atom. The van der Waals surface area contributed by atoms with Gasteiger partial charge in [-0.1, -0.05) is 41.8 Å². The van der Waals surface area contributed by atoms with Crippen LogP contribution >= 0.6 is 0 Å². The van der Waals surface area contributed by atoms with E-state index in [-0.39, 0.29) is 91.1 Å². The first-order valence-corrected chi connectivity index (χ1v) is 39.2. The number of hydrogen-bond acceptors (Lipinski definition) is 22. The van der Waals surface area contributed by atoms with Crippen molar-refractivity contribution in [1.29, 1.82) is 0 Å². The largest absolute Gasteiger partial charge is 1.00 e. The Bertz CT molecular complexity index is 4980. The zero-order chi connectivity index (χ0) is 83.2. The van der Waals surface area contributed by atoms with E-state index in [2.05, 4.69) is 35.8 Å². The molecule has 6 heterocycles. The second kappa shape index (κ2) is 43.4. The molecule has 0 atom stereocenters. The van der Waals surface area contributed by atoms with Gasteiger partial charge in [0.05, 0.1) is 74.8 Å². The van der Waals surface area contributed by atoms with Gasteiger partial charge in [0.2, 0.25) is 5.88 Å². The number of likely N-dealkylation sites (N-methyl/N-ethyl adjacent to an activating group) is 2. The number of aryl methyl sites for hydroxylation is 3. The number of aromatic amines is 1. The van der Waals surface area contributed by atoms with Crippen molar-refractivity contribution >= 4 is 85.4 Å². The maximum absolute atomic E-state index is 13.8. The number of aromatic nitrogens is 3. The number of pyridine rings is 3.